The van der Waals surface area contributed by atoms with E-state index >= 15 is 0 Å². The lowest BCUT2D eigenvalue weighted by Gasteiger charge is -2.22. The van der Waals surface area contributed by atoms with Crippen LogP contribution in [0, 0.1) is 0 Å². The molecule has 0 saturated heterocycles. The number of pyridine rings is 1. The van der Waals surface area contributed by atoms with Gasteiger partial charge in [-0.1, -0.05) is 54.1 Å². The number of nitrogens with one attached hydrogen (secondary N) is 1. The second-order valence-electron chi connectivity index (χ2n) is 4.65. The van der Waals surface area contributed by atoms with Gasteiger partial charge >= 0.3 is 0 Å². The first kappa shape index (κ1) is 15.2. The van der Waals surface area contributed by atoms with Crippen LogP contribution in [-0.4, -0.2) is 24.2 Å². The van der Waals surface area contributed by atoms with Crippen molar-refractivity contribution in [1.82, 2.24) is 4.98 Å². The molecule has 1 aromatic heterocycles. The van der Waals surface area contributed by atoms with Crippen molar-refractivity contribution < 1.29 is 4.74 Å². The van der Waals surface area contributed by atoms with Gasteiger partial charge in [-0.05, 0) is 18.9 Å². The van der Waals surface area contributed by atoms with E-state index in [1.54, 1.807) is 6.07 Å². The number of nitrogens with zero attached hydrogens (tertiary/aromatic N) is 1. The summed E-state index contributed by atoms with van der Waals surface area (Å²) in [6.45, 7) is 1.30. The number of halogens is 3. The van der Waals surface area contributed by atoms with Crippen LogP contribution in [0.1, 0.15) is 32.1 Å². The molecule has 1 fully saturated rings. The van der Waals surface area contributed by atoms with Crippen molar-refractivity contribution in [1.29, 1.82) is 0 Å². The number of hydrogen-bond acceptors (Lipinski definition) is 3. The second kappa shape index (κ2) is 7.53. The number of hydrogen-bond donors (Lipinski definition) is 1. The van der Waals surface area contributed by atoms with Crippen molar-refractivity contribution in [2.75, 3.05) is 18.5 Å². The smallest absolute Gasteiger partial charge is 0.150 e. The summed E-state index contributed by atoms with van der Waals surface area (Å²) in [5.41, 5.74) is 0. The van der Waals surface area contributed by atoms with E-state index in [9.17, 15) is 0 Å². The highest BCUT2D eigenvalue weighted by Crippen LogP contribution is 2.28. The van der Waals surface area contributed by atoms with E-state index in [0.29, 0.717) is 35.1 Å². The summed E-state index contributed by atoms with van der Waals surface area (Å²) in [5.74, 6) is 0.545. The van der Waals surface area contributed by atoms with Crippen molar-refractivity contribution in [2.45, 2.75) is 38.2 Å². The molecule has 0 aromatic carbocycles. The molecule has 0 radical (unpaired) electrons. The number of anilines is 1. The van der Waals surface area contributed by atoms with Crippen LogP contribution < -0.4 is 5.32 Å². The van der Waals surface area contributed by atoms with Crippen LogP contribution in [0.5, 0.6) is 0 Å². The monoisotopic (exact) mass is 322 g/mol. The van der Waals surface area contributed by atoms with Gasteiger partial charge in [0, 0.05) is 6.54 Å². The summed E-state index contributed by atoms with van der Waals surface area (Å²) in [6.07, 6.45) is 6.64. The highest BCUT2D eigenvalue weighted by Gasteiger charge is 2.13. The first-order chi connectivity index (χ1) is 9.16. The van der Waals surface area contributed by atoms with E-state index in [1.807, 2.05) is 0 Å². The highest BCUT2D eigenvalue weighted by atomic mass is 35.5. The summed E-state index contributed by atoms with van der Waals surface area (Å²) in [5, 5.41) is 4.18. The fourth-order valence-corrected chi connectivity index (χ4v) is 2.76. The molecular weight excluding hydrogens is 307 g/mol. The maximum atomic E-state index is 6.02. The van der Waals surface area contributed by atoms with Gasteiger partial charge in [0.25, 0.3) is 0 Å². The zero-order chi connectivity index (χ0) is 13.7. The van der Waals surface area contributed by atoms with Crippen molar-refractivity contribution in [2.24, 2.45) is 0 Å². The van der Waals surface area contributed by atoms with Crippen molar-refractivity contribution >= 4 is 40.6 Å². The molecular formula is C13H17Cl3N2O. The Labute approximate surface area is 128 Å². The van der Waals surface area contributed by atoms with Gasteiger partial charge in [-0.15, -0.1) is 0 Å². The lowest BCUT2D eigenvalue weighted by atomic mass is 9.98. The average Bonchev–Trinajstić information content (AvgIpc) is 2.41. The van der Waals surface area contributed by atoms with Gasteiger partial charge in [0.15, 0.2) is 0 Å². The van der Waals surface area contributed by atoms with Gasteiger partial charge in [-0.3, -0.25) is 0 Å². The second-order valence-corrected chi connectivity index (χ2v) is 5.82. The minimum atomic E-state index is 0.252. The Bertz CT molecular complexity index is 423. The molecule has 0 unspecified atom stereocenters. The molecule has 6 heteroatoms. The molecule has 1 aliphatic rings. The average molecular weight is 324 g/mol. The lowest BCUT2D eigenvalue weighted by Crippen LogP contribution is -2.20. The van der Waals surface area contributed by atoms with Gasteiger partial charge in [-0.25, -0.2) is 4.98 Å². The molecule has 1 aromatic rings. The summed E-state index contributed by atoms with van der Waals surface area (Å²) in [4.78, 5) is 4.09. The first-order valence-corrected chi connectivity index (χ1v) is 7.67. The topological polar surface area (TPSA) is 34.1 Å². The molecule has 0 atom stereocenters. The van der Waals surface area contributed by atoms with E-state index in [2.05, 4.69) is 10.3 Å². The SMILES string of the molecule is Clc1cc(Cl)c(NCCOC2CCCCC2)nc1Cl. The van der Waals surface area contributed by atoms with Crippen LogP contribution >= 0.6 is 34.8 Å². The van der Waals surface area contributed by atoms with Gasteiger partial charge in [0.05, 0.1) is 22.8 Å². The standard InChI is InChI=1S/C13H17Cl3N2O/c14-10-8-11(15)13(18-12(10)16)17-6-7-19-9-4-2-1-3-5-9/h8-9H,1-7H2,(H,17,18). The third-order valence-electron chi connectivity index (χ3n) is 3.19. The molecule has 0 amide bonds. The zero-order valence-corrected chi connectivity index (χ0v) is 12.9. The fourth-order valence-electron chi connectivity index (χ4n) is 2.19. The van der Waals surface area contributed by atoms with E-state index in [0.717, 1.165) is 0 Å². The van der Waals surface area contributed by atoms with Crippen LogP contribution in [-0.2, 0) is 4.74 Å². The number of ether oxygens (including phenoxy) is 1. The molecule has 0 bridgehead atoms. The molecule has 1 N–H and O–H groups in total. The van der Waals surface area contributed by atoms with Gasteiger partial charge in [-0.2, -0.15) is 0 Å². The van der Waals surface area contributed by atoms with Crippen LogP contribution in [0.3, 0.4) is 0 Å². The Kier molecular flexibility index (Phi) is 6.02. The fraction of sp³-hybridized carbons (Fsp3) is 0.615. The van der Waals surface area contributed by atoms with Crippen molar-refractivity contribution in [3.8, 4) is 0 Å². The van der Waals surface area contributed by atoms with Crippen molar-refractivity contribution in [3.63, 3.8) is 0 Å². The summed E-state index contributed by atoms with van der Waals surface area (Å²) in [7, 11) is 0. The lowest BCUT2D eigenvalue weighted by molar-refractivity contribution is 0.0347. The Morgan fingerprint density at radius 2 is 1.89 bits per heavy atom. The van der Waals surface area contributed by atoms with E-state index in [4.69, 9.17) is 39.5 Å². The molecule has 1 aliphatic carbocycles. The molecule has 2 rings (SSSR count). The Morgan fingerprint density at radius 3 is 2.63 bits per heavy atom. The highest BCUT2D eigenvalue weighted by molar-refractivity contribution is 6.42. The van der Waals surface area contributed by atoms with Crippen LogP contribution in [0.25, 0.3) is 0 Å². The molecule has 1 heterocycles. The minimum Gasteiger partial charge on any atom is -0.376 e. The molecule has 19 heavy (non-hydrogen) atoms. The first-order valence-electron chi connectivity index (χ1n) is 6.54. The molecule has 106 valence electrons. The third kappa shape index (κ3) is 4.67. The molecule has 0 spiro atoms. The maximum absolute atomic E-state index is 6.02. The summed E-state index contributed by atoms with van der Waals surface area (Å²) >= 11 is 17.7. The van der Waals surface area contributed by atoms with Crippen LogP contribution in [0.2, 0.25) is 15.2 Å². The summed E-state index contributed by atoms with van der Waals surface area (Å²) < 4.78 is 5.81. The third-order valence-corrected chi connectivity index (χ3v) is 4.15. The van der Waals surface area contributed by atoms with Gasteiger partial charge in [0.1, 0.15) is 11.0 Å². The maximum Gasteiger partial charge on any atom is 0.150 e. The van der Waals surface area contributed by atoms with Gasteiger partial charge in [0.2, 0.25) is 0 Å². The van der Waals surface area contributed by atoms with E-state index < -0.39 is 0 Å². The summed E-state index contributed by atoms with van der Waals surface area (Å²) in [6, 6.07) is 1.59. The quantitative estimate of drug-likeness (QED) is 0.624. The largest absolute Gasteiger partial charge is 0.376 e. The van der Waals surface area contributed by atoms with Crippen LogP contribution in [0.4, 0.5) is 5.82 Å². The number of rotatable bonds is 5. The molecule has 3 nitrogen and oxygen atoms in total. The minimum absolute atomic E-state index is 0.252. The normalized spacial score (nSPS) is 16.6. The van der Waals surface area contributed by atoms with E-state index in [1.165, 1.54) is 32.1 Å². The Hall–Kier alpha value is -0.220. The number of aromatic nitrogens is 1. The molecule has 1 saturated carbocycles. The Balaban J connectivity index is 1.74. The Morgan fingerprint density at radius 1 is 1.16 bits per heavy atom. The van der Waals surface area contributed by atoms with Crippen molar-refractivity contribution in [3.05, 3.63) is 21.3 Å². The zero-order valence-electron chi connectivity index (χ0n) is 10.6. The molecule has 0 aliphatic heterocycles. The van der Waals surface area contributed by atoms with Gasteiger partial charge < -0.3 is 10.1 Å². The van der Waals surface area contributed by atoms with Crippen LogP contribution in [0.15, 0.2) is 6.07 Å². The predicted octanol–water partition coefficient (Wildman–Crippen LogP) is 4.80. The predicted molar refractivity (Wildman–Crippen MR) is 80.6 cm³/mol. The van der Waals surface area contributed by atoms with E-state index in [-0.39, 0.29) is 5.15 Å².